The summed E-state index contributed by atoms with van der Waals surface area (Å²) >= 11 is 1.51. The summed E-state index contributed by atoms with van der Waals surface area (Å²) in [5, 5.41) is 14.1. The molecule has 0 aliphatic heterocycles. The molecule has 0 atom stereocenters. The Bertz CT molecular complexity index is 639. The van der Waals surface area contributed by atoms with Crippen LogP contribution in [0.3, 0.4) is 0 Å². The molecule has 90 valence electrons. The van der Waals surface area contributed by atoms with Gasteiger partial charge in [-0.25, -0.2) is 4.98 Å². The summed E-state index contributed by atoms with van der Waals surface area (Å²) < 4.78 is 1.75. The van der Waals surface area contributed by atoms with Crippen molar-refractivity contribution in [2.24, 2.45) is 7.05 Å². The van der Waals surface area contributed by atoms with E-state index in [9.17, 15) is 5.26 Å². The topological polar surface area (TPSA) is 54.5 Å². The molecule has 18 heavy (non-hydrogen) atoms. The fourth-order valence-electron chi connectivity index (χ4n) is 2.17. The van der Waals surface area contributed by atoms with Crippen molar-refractivity contribution in [2.45, 2.75) is 29.2 Å². The molecule has 2 aromatic rings. The number of nitriles is 1. The van der Waals surface area contributed by atoms with Crippen LogP contribution in [0.1, 0.15) is 23.2 Å². The van der Waals surface area contributed by atoms with E-state index in [4.69, 9.17) is 0 Å². The molecule has 0 amide bonds. The molecule has 2 aromatic heterocycles. The molecule has 0 spiro atoms. The van der Waals surface area contributed by atoms with Gasteiger partial charge in [0.25, 0.3) is 0 Å². The SMILES string of the molecule is Cn1cc(Sc2nc3c(cc2C#N)CCC3)cn1. The van der Waals surface area contributed by atoms with Crippen LogP contribution in [-0.4, -0.2) is 14.8 Å². The molecule has 0 saturated carbocycles. The van der Waals surface area contributed by atoms with Gasteiger partial charge >= 0.3 is 0 Å². The van der Waals surface area contributed by atoms with Crippen molar-refractivity contribution in [1.82, 2.24) is 14.8 Å². The number of hydrogen-bond acceptors (Lipinski definition) is 4. The first-order valence-electron chi connectivity index (χ1n) is 5.85. The fraction of sp³-hybridized carbons (Fsp3) is 0.308. The molecule has 3 rings (SSSR count). The second kappa shape index (κ2) is 4.46. The van der Waals surface area contributed by atoms with Crippen LogP contribution >= 0.6 is 11.8 Å². The highest BCUT2D eigenvalue weighted by molar-refractivity contribution is 7.99. The molecular weight excluding hydrogens is 244 g/mol. The predicted octanol–water partition coefficient (Wildman–Crippen LogP) is 2.33. The highest BCUT2D eigenvalue weighted by Crippen LogP contribution is 2.31. The second-order valence-corrected chi connectivity index (χ2v) is 5.43. The average Bonchev–Trinajstić information content (AvgIpc) is 2.97. The second-order valence-electron chi connectivity index (χ2n) is 4.36. The van der Waals surface area contributed by atoms with Gasteiger partial charge in [-0.1, -0.05) is 11.8 Å². The first-order chi connectivity index (χ1) is 8.76. The normalized spacial score (nSPS) is 13.3. The van der Waals surface area contributed by atoms with Gasteiger partial charge in [0, 0.05) is 18.9 Å². The molecular formula is C13H12N4S. The summed E-state index contributed by atoms with van der Waals surface area (Å²) in [7, 11) is 1.88. The van der Waals surface area contributed by atoms with Gasteiger partial charge in [-0.2, -0.15) is 10.4 Å². The van der Waals surface area contributed by atoms with Gasteiger partial charge in [0.15, 0.2) is 0 Å². The molecule has 0 saturated heterocycles. The zero-order valence-electron chi connectivity index (χ0n) is 10.1. The van der Waals surface area contributed by atoms with Crippen LogP contribution in [0.25, 0.3) is 0 Å². The third-order valence-corrected chi connectivity index (χ3v) is 3.98. The van der Waals surface area contributed by atoms with E-state index in [1.165, 1.54) is 17.3 Å². The number of aromatic nitrogens is 3. The quantitative estimate of drug-likeness (QED) is 0.827. The molecule has 1 aliphatic rings. The summed E-state index contributed by atoms with van der Waals surface area (Å²) in [5.74, 6) is 0. The Balaban J connectivity index is 1.98. The van der Waals surface area contributed by atoms with Gasteiger partial charge in [-0.15, -0.1) is 0 Å². The van der Waals surface area contributed by atoms with Gasteiger partial charge in [0.05, 0.1) is 16.7 Å². The zero-order chi connectivity index (χ0) is 12.5. The summed E-state index contributed by atoms with van der Waals surface area (Å²) in [5.41, 5.74) is 3.06. The molecule has 0 bridgehead atoms. The van der Waals surface area contributed by atoms with Crippen molar-refractivity contribution in [3.8, 4) is 6.07 Å². The molecule has 5 heteroatoms. The van der Waals surface area contributed by atoms with Gasteiger partial charge in [0.1, 0.15) is 11.1 Å². The highest BCUT2D eigenvalue weighted by atomic mass is 32.2. The first kappa shape index (κ1) is 11.3. The van der Waals surface area contributed by atoms with E-state index in [0.717, 1.165) is 34.9 Å². The van der Waals surface area contributed by atoms with Crippen LogP contribution in [0.15, 0.2) is 28.4 Å². The number of aryl methyl sites for hydroxylation is 3. The summed E-state index contributed by atoms with van der Waals surface area (Å²) in [6.45, 7) is 0. The molecule has 1 aliphatic carbocycles. The number of hydrogen-bond donors (Lipinski definition) is 0. The van der Waals surface area contributed by atoms with E-state index >= 15 is 0 Å². The van der Waals surface area contributed by atoms with Crippen molar-refractivity contribution in [1.29, 1.82) is 5.26 Å². The summed E-state index contributed by atoms with van der Waals surface area (Å²) in [4.78, 5) is 5.65. The average molecular weight is 256 g/mol. The van der Waals surface area contributed by atoms with Crippen molar-refractivity contribution < 1.29 is 0 Å². The number of pyridine rings is 1. The predicted molar refractivity (Wildman–Crippen MR) is 68.3 cm³/mol. The number of fused-ring (bicyclic) bond motifs is 1. The van der Waals surface area contributed by atoms with Crippen molar-refractivity contribution in [2.75, 3.05) is 0 Å². The van der Waals surface area contributed by atoms with E-state index in [1.807, 2.05) is 19.3 Å². The minimum absolute atomic E-state index is 0.671. The van der Waals surface area contributed by atoms with Crippen LogP contribution in [0.4, 0.5) is 0 Å². The van der Waals surface area contributed by atoms with Crippen LogP contribution in [-0.2, 0) is 19.9 Å². The monoisotopic (exact) mass is 256 g/mol. The Labute approximate surface area is 110 Å². The molecule has 0 radical (unpaired) electrons. The van der Waals surface area contributed by atoms with Gasteiger partial charge < -0.3 is 0 Å². The lowest BCUT2D eigenvalue weighted by atomic mass is 10.2. The molecule has 0 unspecified atom stereocenters. The van der Waals surface area contributed by atoms with E-state index in [-0.39, 0.29) is 0 Å². The Hall–Kier alpha value is -1.80. The maximum atomic E-state index is 9.21. The lowest BCUT2D eigenvalue weighted by Gasteiger charge is -2.05. The van der Waals surface area contributed by atoms with Gasteiger partial charge in [-0.05, 0) is 30.9 Å². The molecule has 0 aromatic carbocycles. The van der Waals surface area contributed by atoms with Gasteiger partial charge in [0.2, 0.25) is 0 Å². The minimum Gasteiger partial charge on any atom is -0.275 e. The Kier molecular flexibility index (Phi) is 2.80. The van der Waals surface area contributed by atoms with Crippen LogP contribution < -0.4 is 0 Å². The maximum Gasteiger partial charge on any atom is 0.119 e. The van der Waals surface area contributed by atoms with E-state index in [2.05, 4.69) is 16.2 Å². The third kappa shape index (κ3) is 2.00. The smallest absolute Gasteiger partial charge is 0.119 e. The van der Waals surface area contributed by atoms with Crippen LogP contribution in [0.5, 0.6) is 0 Å². The zero-order valence-corrected chi connectivity index (χ0v) is 10.9. The van der Waals surface area contributed by atoms with Crippen LogP contribution in [0, 0.1) is 11.3 Å². The lowest BCUT2D eigenvalue weighted by Crippen LogP contribution is -1.94. The fourth-order valence-corrected chi connectivity index (χ4v) is 3.07. The Morgan fingerprint density at radius 1 is 1.44 bits per heavy atom. The molecule has 0 N–H and O–H groups in total. The molecule has 4 nitrogen and oxygen atoms in total. The van der Waals surface area contributed by atoms with E-state index in [0.29, 0.717) is 5.56 Å². The van der Waals surface area contributed by atoms with Crippen molar-refractivity contribution in [3.05, 3.63) is 35.3 Å². The number of nitrogens with zero attached hydrogens (tertiary/aromatic N) is 4. The number of rotatable bonds is 2. The standard InChI is InChI=1S/C13H12N4S/c1-17-8-11(7-15-17)18-13-10(6-14)5-9-3-2-4-12(9)16-13/h5,7-8H,2-4H2,1H3. The summed E-state index contributed by atoms with van der Waals surface area (Å²) in [6.07, 6.45) is 6.95. The van der Waals surface area contributed by atoms with Crippen molar-refractivity contribution >= 4 is 11.8 Å². The first-order valence-corrected chi connectivity index (χ1v) is 6.67. The maximum absolute atomic E-state index is 9.21. The Morgan fingerprint density at radius 3 is 3.06 bits per heavy atom. The van der Waals surface area contributed by atoms with E-state index in [1.54, 1.807) is 10.9 Å². The van der Waals surface area contributed by atoms with Gasteiger partial charge in [-0.3, -0.25) is 4.68 Å². The Morgan fingerprint density at radius 2 is 2.33 bits per heavy atom. The highest BCUT2D eigenvalue weighted by Gasteiger charge is 2.17. The third-order valence-electron chi connectivity index (χ3n) is 3.03. The largest absolute Gasteiger partial charge is 0.275 e. The van der Waals surface area contributed by atoms with E-state index < -0.39 is 0 Å². The van der Waals surface area contributed by atoms with Crippen LogP contribution in [0.2, 0.25) is 0 Å². The minimum atomic E-state index is 0.671. The summed E-state index contributed by atoms with van der Waals surface area (Å²) in [6, 6.07) is 4.24. The lowest BCUT2D eigenvalue weighted by molar-refractivity contribution is 0.766. The molecule has 2 heterocycles. The van der Waals surface area contributed by atoms with Crippen molar-refractivity contribution in [3.63, 3.8) is 0 Å². The molecule has 0 fully saturated rings.